The first kappa shape index (κ1) is 10.8. The fourth-order valence-corrected chi connectivity index (χ4v) is 2.10. The van der Waals surface area contributed by atoms with Crippen LogP contribution in [-0.4, -0.2) is 11.7 Å². The van der Waals surface area contributed by atoms with Crippen LogP contribution in [-0.2, 0) is 0 Å². The van der Waals surface area contributed by atoms with Crippen molar-refractivity contribution in [3.05, 3.63) is 11.6 Å². The van der Waals surface area contributed by atoms with E-state index in [2.05, 4.69) is 33.8 Å². The summed E-state index contributed by atoms with van der Waals surface area (Å²) in [7, 11) is 0. The highest BCUT2D eigenvalue weighted by Gasteiger charge is 2.51. The zero-order valence-electron chi connectivity index (χ0n) is 9.30. The van der Waals surface area contributed by atoms with E-state index < -0.39 is 0 Å². The molecule has 1 rings (SSSR count). The molecule has 1 aliphatic carbocycles. The van der Waals surface area contributed by atoms with Crippen LogP contribution < -0.4 is 0 Å². The van der Waals surface area contributed by atoms with Gasteiger partial charge in [0.15, 0.2) is 0 Å². The summed E-state index contributed by atoms with van der Waals surface area (Å²) in [5.41, 5.74) is 1.65. The topological polar surface area (TPSA) is 20.2 Å². The molecular weight excluding hydrogens is 160 g/mol. The number of rotatable bonds is 4. The van der Waals surface area contributed by atoms with Crippen molar-refractivity contribution < 1.29 is 5.11 Å². The maximum Gasteiger partial charge on any atom is 0.0487 e. The predicted molar refractivity (Wildman–Crippen MR) is 56.5 cm³/mol. The third kappa shape index (κ3) is 2.57. The van der Waals surface area contributed by atoms with Gasteiger partial charge in [0.25, 0.3) is 0 Å². The number of aliphatic hydroxyl groups is 1. The average molecular weight is 182 g/mol. The summed E-state index contributed by atoms with van der Waals surface area (Å²) >= 11 is 0. The van der Waals surface area contributed by atoms with E-state index in [1.54, 1.807) is 0 Å². The molecule has 0 aliphatic heterocycles. The number of hydrogen-bond acceptors (Lipinski definition) is 1. The van der Waals surface area contributed by atoms with Gasteiger partial charge in [-0.1, -0.05) is 25.5 Å². The van der Waals surface area contributed by atoms with Crippen LogP contribution in [0.3, 0.4) is 0 Å². The van der Waals surface area contributed by atoms with E-state index in [9.17, 15) is 0 Å². The lowest BCUT2D eigenvalue weighted by Crippen LogP contribution is -2.09. The fourth-order valence-electron chi connectivity index (χ4n) is 2.10. The Kier molecular flexibility index (Phi) is 3.18. The molecule has 0 spiro atoms. The molecule has 0 aromatic heterocycles. The molecule has 1 nitrogen and oxygen atoms in total. The Morgan fingerprint density at radius 2 is 2.23 bits per heavy atom. The zero-order chi connectivity index (χ0) is 10.1. The van der Waals surface area contributed by atoms with Gasteiger partial charge in [-0.15, -0.1) is 0 Å². The number of allylic oxidation sites excluding steroid dienone is 2. The van der Waals surface area contributed by atoms with Crippen molar-refractivity contribution in [3.63, 3.8) is 0 Å². The summed E-state index contributed by atoms with van der Waals surface area (Å²) in [6.07, 6.45) is 4.69. The molecule has 0 saturated heterocycles. The normalized spacial score (nSPS) is 34.1. The number of aliphatic hydroxyl groups excluding tert-OH is 1. The van der Waals surface area contributed by atoms with Crippen LogP contribution in [0.5, 0.6) is 0 Å². The maximum atomic E-state index is 9.15. The second kappa shape index (κ2) is 3.83. The molecule has 1 saturated carbocycles. The van der Waals surface area contributed by atoms with Crippen LogP contribution in [0.2, 0.25) is 0 Å². The summed E-state index contributed by atoms with van der Waals surface area (Å²) in [6.45, 7) is 9.13. The third-order valence-electron chi connectivity index (χ3n) is 3.37. The molecule has 1 aliphatic rings. The van der Waals surface area contributed by atoms with Gasteiger partial charge in [-0.05, 0) is 43.9 Å². The number of hydrogen-bond donors (Lipinski definition) is 1. The van der Waals surface area contributed by atoms with Gasteiger partial charge >= 0.3 is 0 Å². The van der Waals surface area contributed by atoms with Crippen molar-refractivity contribution in [3.8, 4) is 0 Å². The summed E-state index contributed by atoms with van der Waals surface area (Å²) in [5, 5.41) is 9.15. The molecular formula is C12H22O. The van der Waals surface area contributed by atoms with Crippen molar-refractivity contribution in [1.82, 2.24) is 0 Å². The van der Waals surface area contributed by atoms with Crippen LogP contribution in [0.4, 0.5) is 0 Å². The first-order valence-corrected chi connectivity index (χ1v) is 5.24. The molecule has 2 unspecified atom stereocenters. The van der Waals surface area contributed by atoms with Crippen molar-refractivity contribution in [2.24, 2.45) is 17.3 Å². The van der Waals surface area contributed by atoms with Gasteiger partial charge < -0.3 is 5.11 Å². The monoisotopic (exact) mass is 182 g/mol. The van der Waals surface area contributed by atoms with E-state index in [4.69, 9.17) is 5.11 Å². The van der Waals surface area contributed by atoms with Crippen LogP contribution >= 0.6 is 0 Å². The molecule has 1 heteroatoms. The van der Waals surface area contributed by atoms with Crippen LogP contribution in [0.25, 0.3) is 0 Å². The Hall–Kier alpha value is -0.300. The molecule has 0 bridgehead atoms. The standard InChI is InChI=1S/C12H22O/c1-9(2)5-6-10(3)11-7-12(11,4)8-13/h5,10-11,13H,6-8H2,1-4H3/t10-,11?,12?/m0/s1. The molecule has 13 heavy (non-hydrogen) atoms. The van der Waals surface area contributed by atoms with E-state index in [0.29, 0.717) is 6.61 Å². The van der Waals surface area contributed by atoms with Crippen LogP contribution in [0.15, 0.2) is 11.6 Å². The quantitative estimate of drug-likeness (QED) is 0.663. The minimum absolute atomic E-state index is 0.245. The Morgan fingerprint density at radius 3 is 2.62 bits per heavy atom. The van der Waals surface area contributed by atoms with Gasteiger partial charge in [-0.3, -0.25) is 0 Å². The lowest BCUT2D eigenvalue weighted by molar-refractivity contribution is 0.201. The van der Waals surface area contributed by atoms with Crippen LogP contribution in [0.1, 0.15) is 40.5 Å². The molecule has 1 N–H and O–H groups in total. The molecule has 3 atom stereocenters. The van der Waals surface area contributed by atoms with E-state index in [1.807, 2.05) is 0 Å². The largest absolute Gasteiger partial charge is 0.396 e. The first-order valence-electron chi connectivity index (χ1n) is 5.24. The Balaban J connectivity index is 2.35. The van der Waals surface area contributed by atoms with Gasteiger partial charge in [-0.2, -0.15) is 0 Å². The van der Waals surface area contributed by atoms with Crippen LogP contribution in [0, 0.1) is 17.3 Å². The molecule has 0 heterocycles. The summed E-state index contributed by atoms with van der Waals surface area (Å²) < 4.78 is 0. The van der Waals surface area contributed by atoms with Gasteiger partial charge in [0.2, 0.25) is 0 Å². The SMILES string of the molecule is CC(C)=CC[C@H](C)C1CC1(C)CO. The summed E-state index contributed by atoms with van der Waals surface area (Å²) in [6, 6.07) is 0. The molecule has 0 aromatic rings. The molecule has 76 valence electrons. The fraction of sp³-hybridized carbons (Fsp3) is 0.833. The van der Waals surface area contributed by atoms with E-state index in [-0.39, 0.29) is 5.41 Å². The van der Waals surface area contributed by atoms with Crippen molar-refractivity contribution in [2.45, 2.75) is 40.5 Å². The Morgan fingerprint density at radius 1 is 1.62 bits per heavy atom. The Labute approximate surface area is 81.9 Å². The van der Waals surface area contributed by atoms with Gasteiger partial charge in [-0.25, -0.2) is 0 Å². The first-order chi connectivity index (χ1) is 5.99. The van der Waals surface area contributed by atoms with Gasteiger partial charge in [0, 0.05) is 6.61 Å². The third-order valence-corrected chi connectivity index (χ3v) is 3.37. The summed E-state index contributed by atoms with van der Waals surface area (Å²) in [5.74, 6) is 1.47. The van der Waals surface area contributed by atoms with Gasteiger partial charge in [0.05, 0.1) is 0 Å². The predicted octanol–water partition coefficient (Wildman–Crippen LogP) is 3.00. The Bertz CT molecular complexity index is 203. The maximum absolute atomic E-state index is 9.15. The molecule has 0 amide bonds. The molecule has 1 fully saturated rings. The molecule has 0 aromatic carbocycles. The lowest BCUT2D eigenvalue weighted by atomic mass is 9.94. The average Bonchev–Trinajstić information content (AvgIpc) is 2.75. The van der Waals surface area contributed by atoms with E-state index in [1.165, 1.54) is 18.4 Å². The van der Waals surface area contributed by atoms with Crippen molar-refractivity contribution in [2.75, 3.05) is 6.61 Å². The second-order valence-electron chi connectivity index (χ2n) is 5.12. The summed E-state index contributed by atoms with van der Waals surface area (Å²) in [4.78, 5) is 0. The van der Waals surface area contributed by atoms with Gasteiger partial charge in [0.1, 0.15) is 0 Å². The minimum atomic E-state index is 0.245. The highest BCUT2D eigenvalue weighted by atomic mass is 16.3. The van der Waals surface area contributed by atoms with E-state index >= 15 is 0 Å². The molecule has 0 radical (unpaired) electrons. The highest BCUT2D eigenvalue weighted by Crippen LogP contribution is 2.56. The zero-order valence-corrected chi connectivity index (χ0v) is 9.30. The smallest absolute Gasteiger partial charge is 0.0487 e. The lowest BCUT2D eigenvalue weighted by Gasteiger charge is -2.12. The minimum Gasteiger partial charge on any atom is -0.396 e. The van der Waals surface area contributed by atoms with Crippen molar-refractivity contribution >= 4 is 0 Å². The van der Waals surface area contributed by atoms with E-state index in [0.717, 1.165) is 11.8 Å². The second-order valence-corrected chi connectivity index (χ2v) is 5.12. The highest BCUT2D eigenvalue weighted by molar-refractivity contribution is 5.03. The van der Waals surface area contributed by atoms with Crippen molar-refractivity contribution in [1.29, 1.82) is 0 Å².